The van der Waals surface area contributed by atoms with Crippen molar-refractivity contribution in [2.75, 3.05) is 7.11 Å². The number of methoxy groups -OCH3 is 1. The fraction of sp³-hybridized carbons (Fsp3) is 0.0435. The maximum atomic E-state index is 12.2. The summed E-state index contributed by atoms with van der Waals surface area (Å²) in [5.41, 5.74) is 2.21. The van der Waals surface area contributed by atoms with E-state index in [1.807, 2.05) is 30.3 Å². The quantitative estimate of drug-likeness (QED) is 0.256. The first-order chi connectivity index (χ1) is 14.0. The van der Waals surface area contributed by atoms with Crippen LogP contribution in [0.1, 0.15) is 11.1 Å². The van der Waals surface area contributed by atoms with Crippen LogP contribution in [0.4, 0.5) is 5.69 Å². The highest BCUT2D eigenvalue weighted by Gasteiger charge is 2.14. The number of ether oxygens (including phenoxy) is 2. The second-order valence-corrected chi connectivity index (χ2v) is 6.38. The van der Waals surface area contributed by atoms with Gasteiger partial charge in [0.05, 0.1) is 17.8 Å². The van der Waals surface area contributed by atoms with E-state index in [2.05, 4.69) is 4.99 Å². The normalized spacial score (nSPS) is 11.1. The van der Waals surface area contributed by atoms with Crippen molar-refractivity contribution in [1.29, 1.82) is 0 Å². The average Bonchev–Trinajstić information content (AvgIpc) is 2.74. The smallest absolute Gasteiger partial charge is 0.336 e. The Labute approximate surface area is 173 Å². The van der Waals surface area contributed by atoms with Crippen molar-refractivity contribution in [2.45, 2.75) is 0 Å². The number of carbonyl (C=O) groups excluding carboxylic acids is 1. The van der Waals surface area contributed by atoms with Gasteiger partial charge in [-0.25, -0.2) is 4.79 Å². The molecule has 0 atom stereocenters. The lowest BCUT2D eigenvalue weighted by molar-refractivity contribution is -0.129. The van der Waals surface area contributed by atoms with Crippen molar-refractivity contribution in [2.24, 2.45) is 4.99 Å². The van der Waals surface area contributed by atoms with Crippen LogP contribution < -0.4 is 9.47 Å². The van der Waals surface area contributed by atoms with Gasteiger partial charge in [0.15, 0.2) is 11.5 Å². The summed E-state index contributed by atoms with van der Waals surface area (Å²) in [4.78, 5) is 16.5. The van der Waals surface area contributed by atoms with Gasteiger partial charge in [0, 0.05) is 12.3 Å². The highest BCUT2D eigenvalue weighted by Crippen LogP contribution is 2.36. The molecule has 0 aliphatic rings. The fourth-order valence-electron chi connectivity index (χ4n) is 2.46. The van der Waals surface area contributed by atoms with Gasteiger partial charge < -0.3 is 14.6 Å². The molecule has 29 heavy (non-hydrogen) atoms. The van der Waals surface area contributed by atoms with Crippen molar-refractivity contribution in [3.05, 3.63) is 89.0 Å². The average molecular weight is 408 g/mol. The van der Waals surface area contributed by atoms with Crippen LogP contribution in [0.2, 0.25) is 5.02 Å². The minimum absolute atomic E-state index is 0.138. The predicted molar refractivity (Wildman–Crippen MR) is 114 cm³/mol. The second kappa shape index (κ2) is 9.57. The Morgan fingerprint density at radius 3 is 2.45 bits per heavy atom. The highest BCUT2D eigenvalue weighted by molar-refractivity contribution is 6.32. The molecule has 5 nitrogen and oxygen atoms in total. The summed E-state index contributed by atoms with van der Waals surface area (Å²) in [6.07, 6.45) is 4.58. The van der Waals surface area contributed by atoms with Gasteiger partial charge >= 0.3 is 5.97 Å². The first kappa shape index (κ1) is 20.2. The van der Waals surface area contributed by atoms with E-state index in [-0.39, 0.29) is 16.5 Å². The summed E-state index contributed by atoms with van der Waals surface area (Å²) in [6.45, 7) is 0. The molecule has 3 aromatic rings. The molecule has 0 spiro atoms. The molecule has 0 aromatic heterocycles. The molecule has 1 N–H and O–H groups in total. The minimum atomic E-state index is -0.570. The summed E-state index contributed by atoms with van der Waals surface area (Å²) in [5, 5.41) is 9.54. The van der Waals surface area contributed by atoms with E-state index < -0.39 is 5.97 Å². The van der Waals surface area contributed by atoms with E-state index in [0.29, 0.717) is 17.0 Å². The Balaban J connectivity index is 1.76. The Hall–Kier alpha value is -3.57. The van der Waals surface area contributed by atoms with Gasteiger partial charge in [0.1, 0.15) is 5.75 Å². The number of carbonyl (C=O) groups is 1. The van der Waals surface area contributed by atoms with Crippen LogP contribution >= 0.6 is 11.6 Å². The molecular weight excluding hydrogens is 390 g/mol. The summed E-state index contributed by atoms with van der Waals surface area (Å²) in [5.74, 6) is 0.0467. The number of phenols is 1. The zero-order valence-electron chi connectivity index (χ0n) is 15.6. The molecule has 3 aromatic carbocycles. The maximum Gasteiger partial charge on any atom is 0.336 e. The molecular formula is C23H18ClNO4. The van der Waals surface area contributed by atoms with Gasteiger partial charge in [0.25, 0.3) is 0 Å². The molecule has 0 saturated heterocycles. The van der Waals surface area contributed by atoms with Crippen LogP contribution in [0.3, 0.4) is 0 Å². The number of aliphatic imine (C=N–C) groups is 1. The van der Waals surface area contributed by atoms with Crippen molar-refractivity contribution in [1.82, 2.24) is 0 Å². The number of aromatic hydroxyl groups is 1. The van der Waals surface area contributed by atoms with Gasteiger partial charge in [-0.3, -0.25) is 4.99 Å². The van der Waals surface area contributed by atoms with Crippen LogP contribution in [0.5, 0.6) is 17.2 Å². The maximum absolute atomic E-state index is 12.2. The molecule has 0 fully saturated rings. The number of halogens is 1. The molecule has 0 aliphatic carbocycles. The zero-order chi connectivity index (χ0) is 20.6. The van der Waals surface area contributed by atoms with E-state index in [1.165, 1.54) is 13.2 Å². The highest BCUT2D eigenvalue weighted by atomic mass is 35.5. The molecule has 0 saturated carbocycles. The molecule has 6 heteroatoms. The van der Waals surface area contributed by atoms with Crippen LogP contribution in [0.25, 0.3) is 6.08 Å². The molecule has 0 radical (unpaired) electrons. The van der Waals surface area contributed by atoms with Crippen molar-refractivity contribution >= 4 is 35.5 Å². The fourth-order valence-corrected chi connectivity index (χ4v) is 2.72. The Morgan fingerprint density at radius 1 is 1.03 bits per heavy atom. The molecule has 0 heterocycles. The van der Waals surface area contributed by atoms with Gasteiger partial charge in [-0.1, -0.05) is 41.9 Å². The van der Waals surface area contributed by atoms with E-state index in [1.54, 1.807) is 48.7 Å². The van der Waals surface area contributed by atoms with Crippen LogP contribution in [0, 0.1) is 0 Å². The van der Waals surface area contributed by atoms with Gasteiger partial charge in [0.2, 0.25) is 0 Å². The van der Waals surface area contributed by atoms with Crippen molar-refractivity contribution in [3.63, 3.8) is 0 Å². The third-order valence-corrected chi connectivity index (χ3v) is 4.16. The monoisotopic (exact) mass is 407 g/mol. The first-order valence-electron chi connectivity index (χ1n) is 8.71. The topological polar surface area (TPSA) is 68.1 Å². The summed E-state index contributed by atoms with van der Waals surface area (Å²) in [6, 6.07) is 19.1. The SMILES string of the molecule is COc1cc(/C=N/c2ccc(O)cc2)cc(Cl)c1OC(=O)/C=C/c1ccccc1. The van der Waals surface area contributed by atoms with Crippen molar-refractivity contribution < 1.29 is 19.4 Å². The van der Waals surface area contributed by atoms with E-state index in [9.17, 15) is 9.90 Å². The second-order valence-electron chi connectivity index (χ2n) is 5.97. The summed E-state index contributed by atoms with van der Waals surface area (Å²) >= 11 is 6.30. The van der Waals surface area contributed by atoms with Crippen molar-refractivity contribution in [3.8, 4) is 17.2 Å². The zero-order valence-corrected chi connectivity index (χ0v) is 16.3. The van der Waals surface area contributed by atoms with E-state index in [0.717, 1.165) is 5.56 Å². The molecule has 0 amide bonds. The number of hydrogen-bond donors (Lipinski definition) is 1. The standard InChI is InChI=1S/C23H18ClNO4/c1-28-21-14-17(15-25-18-8-10-19(26)11-9-18)13-20(24)23(21)29-22(27)12-7-16-5-3-2-4-6-16/h2-15,26H,1H3/b12-7+,25-15+. The molecule has 146 valence electrons. The third-order valence-electron chi connectivity index (χ3n) is 3.88. The van der Waals surface area contributed by atoms with Gasteiger partial charge in [-0.05, 0) is 53.6 Å². The predicted octanol–water partition coefficient (Wildman–Crippen LogP) is 5.42. The molecule has 0 aliphatic heterocycles. The lowest BCUT2D eigenvalue weighted by atomic mass is 10.2. The number of nitrogens with zero attached hydrogens (tertiary/aromatic N) is 1. The van der Waals surface area contributed by atoms with E-state index in [4.69, 9.17) is 21.1 Å². The largest absolute Gasteiger partial charge is 0.508 e. The van der Waals surface area contributed by atoms with Crippen LogP contribution in [-0.2, 0) is 4.79 Å². The minimum Gasteiger partial charge on any atom is -0.508 e. The molecule has 3 rings (SSSR count). The number of benzene rings is 3. The Kier molecular flexibility index (Phi) is 6.66. The Bertz CT molecular complexity index is 1040. The van der Waals surface area contributed by atoms with Crippen LogP contribution in [0.15, 0.2) is 77.8 Å². The number of hydrogen-bond acceptors (Lipinski definition) is 5. The number of phenolic OH excluding ortho intramolecular Hbond substituents is 1. The summed E-state index contributed by atoms with van der Waals surface area (Å²) < 4.78 is 10.7. The third kappa shape index (κ3) is 5.70. The molecule has 0 bridgehead atoms. The lowest BCUT2D eigenvalue weighted by Crippen LogP contribution is -2.06. The molecule has 0 unspecified atom stereocenters. The van der Waals surface area contributed by atoms with Gasteiger partial charge in [-0.2, -0.15) is 0 Å². The summed E-state index contributed by atoms with van der Waals surface area (Å²) in [7, 11) is 1.46. The number of esters is 1. The lowest BCUT2D eigenvalue weighted by Gasteiger charge is -2.11. The Morgan fingerprint density at radius 2 is 1.76 bits per heavy atom. The number of rotatable bonds is 6. The first-order valence-corrected chi connectivity index (χ1v) is 9.08. The van der Waals surface area contributed by atoms with Gasteiger partial charge in [-0.15, -0.1) is 0 Å². The van der Waals surface area contributed by atoms with Crippen LogP contribution in [-0.4, -0.2) is 24.4 Å². The van der Waals surface area contributed by atoms with E-state index >= 15 is 0 Å².